The highest BCUT2D eigenvalue weighted by atomic mass is 79.9. The topological polar surface area (TPSA) is 61.9 Å². The van der Waals surface area contributed by atoms with Crippen molar-refractivity contribution in [3.63, 3.8) is 0 Å². The second-order valence-electron chi connectivity index (χ2n) is 5.28. The number of nitrogens with zero attached hydrogens (tertiary/aromatic N) is 2. The number of amides is 3. The van der Waals surface area contributed by atoms with Crippen molar-refractivity contribution in [3.05, 3.63) is 34.3 Å². The summed E-state index contributed by atoms with van der Waals surface area (Å²) < 4.78 is 6.00. The normalized spacial score (nSPS) is 14.5. The lowest BCUT2D eigenvalue weighted by Crippen LogP contribution is -2.53. The van der Waals surface area contributed by atoms with E-state index in [4.69, 9.17) is 4.74 Å². The number of benzene rings is 1. The number of nitrogens with one attached hydrogen (secondary N) is 1. The van der Waals surface area contributed by atoms with Gasteiger partial charge >= 0.3 is 12.1 Å². The van der Waals surface area contributed by atoms with Crippen LogP contribution in [0.1, 0.15) is 12.5 Å². The molecule has 0 aromatic heterocycles. The molecule has 0 atom stereocenters. The summed E-state index contributed by atoms with van der Waals surface area (Å²) in [4.78, 5) is 27.1. The maximum absolute atomic E-state index is 12.1. The van der Waals surface area contributed by atoms with Crippen LogP contribution in [0.25, 0.3) is 0 Å². The summed E-state index contributed by atoms with van der Waals surface area (Å²) >= 11 is 3.44. The van der Waals surface area contributed by atoms with Gasteiger partial charge in [-0.25, -0.2) is 9.59 Å². The molecule has 0 saturated carbocycles. The van der Waals surface area contributed by atoms with Gasteiger partial charge in [-0.1, -0.05) is 28.1 Å². The predicted octanol–water partition coefficient (Wildman–Crippen LogP) is 2.48. The number of carbonyl (C=O) groups is 2. The molecule has 1 aromatic carbocycles. The van der Waals surface area contributed by atoms with Crippen molar-refractivity contribution >= 4 is 28.1 Å². The molecule has 1 saturated heterocycles. The van der Waals surface area contributed by atoms with Gasteiger partial charge in [0.15, 0.2) is 0 Å². The average molecular weight is 384 g/mol. The third-order valence-electron chi connectivity index (χ3n) is 3.67. The SMILES string of the molecule is CCOC(=O)N1CCN(C(=O)NCCc2cccc(Br)c2)CC1. The van der Waals surface area contributed by atoms with Gasteiger partial charge < -0.3 is 19.9 Å². The average Bonchev–Trinajstić information content (AvgIpc) is 2.55. The van der Waals surface area contributed by atoms with Crippen LogP contribution in [0.15, 0.2) is 28.7 Å². The predicted molar refractivity (Wildman–Crippen MR) is 91.4 cm³/mol. The van der Waals surface area contributed by atoms with Crippen molar-refractivity contribution < 1.29 is 14.3 Å². The summed E-state index contributed by atoms with van der Waals surface area (Å²) in [5.74, 6) is 0. The van der Waals surface area contributed by atoms with Crippen LogP contribution in [0, 0.1) is 0 Å². The van der Waals surface area contributed by atoms with Crippen LogP contribution in [-0.2, 0) is 11.2 Å². The highest BCUT2D eigenvalue weighted by Crippen LogP contribution is 2.11. The Morgan fingerprint density at radius 1 is 1.22 bits per heavy atom. The van der Waals surface area contributed by atoms with Crippen molar-refractivity contribution in [1.29, 1.82) is 0 Å². The van der Waals surface area contributed by atoms with Gasteiger partial charge in [0, 0.05) is 37.2 Å². The zero-order chi connectivity index (χ0) is 16.7. The van der Waals surface area contributed by atoms with Crippen molar-refractivity contribution in [2.24, 2.45) is 0 Å². The maximum atomic E-state index is 12.1. The molecule has 3 amide bonds. The number of halogens is 1. The van der Waals surface area contributed by atoms with E-state index in [0.29, 0.717) is 39.3 Å². The molecule has 126 valence electrons. The number of rotatable bonds is 4. The Hall–Kier alpha value is -1.76. The van der Waals surface area contributed by atoms with Crippen LogP contribution in [0.5, 0.6) is 0 Å². The fourth-order valence-corrected chi connectivity index (χ4v) is 2.87. The third-order valence-corrected chi connectivity index (χ3v) is 4.17. The molecule has 0 unspecified atom stereocenters. The Kier molecular flexibility index (Phi) is 6.70. The van der Waals surface area contributed by atoms with E-state index in [-0.39, 0.29) is 12.1 Å². The van der Waals surface area contributed by atoms with E-state index in [0.717, 1.165) is 10.9 Å². The fourth-order valence-electron chi connectivity index (χ4n) is 2.42. The molecule has 1 N–H and O–H groups in total. The number of hydrogen-bond donors (Lipinski definition) is 1. The van der Waals surface area contributed by atoms with Crippen LogP contribution in [0.3, 0.4) is 0 Å². The highest BCUT2D eigenvalue weighted by Gasteiger charge is 2.24. The van der Waals surface area contributed by atoms with E-state index in [2.05, 4.69) is 21.2 Å². The van der Waals surface area contributed by atoms with Crippen LogP contribution < -0.4 is 5.32 Å². The summed E-state index contributed by atoms with van der Waals surface area (Å²) in [7, 11) is 0. The molecular formula is C16H22BrN3O3. The van der Waals surface area contributed by atoms with Gasteiger partial charge in [0.2, 0.25) is 0 Å². The summed E-state index contributed by atoms with van der Waals surface area (Å²) in [5.41, 5.74) is 1.17. The molecule has 1 fully saturated rings. The number of hydrogen-bond acceptors (Lipinski definition) is 3. The largest absolute Gasteiger partial charge is 0.450 e. The monoisotopic (exact) mass is 383 g/mol. The molecule has 0 aliphatic carbocycles. The standard InChI is InChI=1S/C16H22BrN3O3/c1-2-23-16(22)20-10-8-19(9-11-20)15(21)18-7-6-13-4-3-5-14(17)12-13/h3-5,12H,2,6-11H2,1H3,(H,18,21). The van der Waals surface area contributed by atoms with Crippen molar-refractivity contribution in [3.8, 4) is 0 Å². The second kappa shape index (κ2) is 8.76. The van der Waals surface area contributed by atoms with Gasteiger partial charge in [-0.05, 0) is 31.0 Å². The minimum absolute atomic E-state index is 0.0801. The van der Waals surface area contributed by atoms with Gasteiger partial charge in [0.05, 0.1) is 6.61 Å². The highest BCUT2D eigenvalue weighted by molar-refractivity contribution is 9.10. The van der Waals surface area contributed by atoms with Crippen LogP contribution in [0.2, 0.25) is 0 Å². The van der Waals surface area contributed by atoms with E-state index in [1.165, 1.54) is 5.56 Å². The van der Waals surface area contributed by atoms with E-state index >= 15 is 0 Å². The van der Waals surface area contributed by atoms with Gasteiger partial charge in [-0.3, -0.25) is 0 Å². The van der Waals surface area contributed by atoms with Crippen molar-refractivity contribution in [2.45, 2.75) is 13.3 Å². The Bertz CT molecular complexity index is 545. The zero-order valence-electron chi connectivity index (χ0n) is 13.3. The second-order valence-corrected chi connectivity index (χ2v) is 6.20. The smallest absolute Gasteiger partial charge is 0.409 e. The first-order valence-electron chi connectivity index (χ1n) is 7.79. The number of carbonyl (C=O) groups excluding carboxylic acids is 2. The lowest BCUT2D eigenvalue weighted by Gasteiger charge is -2.34. The summed E-state index contributed by atoms with van der Waals surface area (Å²) in [6, 6.07) is 7.96. The minimum atomic E-state index is -0.304. The van der Waals surface area contributed by atoms with Crippen LogP contribution >= 0.6 is 15.9 Å². The molecule has 7 heteroatoms. The molecule has 6 nitrogen and oxygen atoms in total. The maximum Gasteiger partial charge on any atom is 0.409 e. The Balaban J connectivity index is 1.70. The third kappa shape index (κ3) is 5.42. The number of urea groups is 1. The zero-order valence-corrected chi connectivity index (χ0v) is 14.8. The minimum Gasteiger partial charge on any atom is -0.450 e. The first kappa shape index (κ1) is 17.6. The fraction of sp³-hybridized carbons (Fsp3) is 0.500. The first-order valence-corrected chi connectivity index (χ1v) is 8.58. The van der Waals surface area contributed by atoms with Crippen LogP contribution in [-0.4, -0.2) is 61.3 Å². The van der Waals surface area contributed by atoms with E-state index < -0.39 is 0 Å². The van der Waals surface area contributed by atoms with E-state index in [9.17, 15) is 9.59 Å². The van der Waals surface area contributed by atoms with Crippen molar-refractivity contribution in [1.82, 2.24) is 15.1 Å². The van der Waals surface area contributed by atoms with Crippen LogP contribution in [0.4, 0.5) is 9.59 Å². The molecule has 23 heavy (non-hydrogen) atoms. The summed E-state index contributed by atoms with van der Waals surface area (Å²) in [6.45, 7) is 4.83. The molecule has 1 aliphatic heterocycles. The van der Waals surface area contributed by atoms with Gasteiger partial charge in [-0.15, -0.1) is 0 Å². The quantitative estimate of drug-likeness (QED) is 0.868. The molecule has 2 rings (SSSR count). The summed E-state index contributed by atoms with van der Waals surface area (Å²) in [6.07, 6.45) is 0.482. The number of piperazine rings is 1. The van der Waals surface area contributed by atoms with Crippen molar-refractivity contribution in [2.75, 3.05) is 39.3 Å². The molecule has 0 bridgehead atoms. The first-order chi connectivity index (χ1) is 11.1. The molecule has 0 spiro atoms. The molecule has 1 aromatic rings. The molecular weight excluding hydrogens is 362 g/mol. The Morgan fingerprint density at radius 2 is 1.91 bits per heavy atom. The van der Waals surface area contributed by atoms with E-state index in [1.807, 2.05) is 24.3 Å². The molecule has 1 heterocycles. The molecule has 0 radical (unpaired) electrons. The van der Waals surface area contributed by atoms with Gasteiger partial charge in [0.25, 0.3) is 0 Å². The molecule has 1 aliphatic rings. The summed E-state index contributed by atoms with van der Waals surface area (Å²) in [5, 5.41) is 2.93. The Labute approximate surface area is 144 Å². The van der Waals surface area contributed by atoms with Gasteiger partial charge in [-0.2, -0.15) is 0 Å². The van der Waals surface area contributed by atoms with E-state index in [1.54, 1.807) is 16.7 Å². The Morgan fingerprint density at radius 3 is 2.57 bits per heavy atom. The number of ether oxygens (including phenoxy) is 1. The lowest BCUT2D eigenvalue weighted by atomic mass is 10.1. The van der Waals surface area contributed by atoms with Gasteiger partial charge in [0.1, 0.15) is 0 Å². The lowest BCUT2D eigenvalue weighted by molar-refractivity contribution is 0.0852.